The summed E-state index contributed by atoms with van der Waals surface area (Å²) >= 11 is 0. The minimum Gasteiger partial charge on any atom is -0.497 e. The van der Waals surface area contributed by atoms with Gasteiger partial charge in [-0.3, -0.25) is 5.10 Å². The van der Waals surface area contributed by atoms with Crippen molar-refractivity contribution in [1.82, 2.24) is 10.2 Å². The fourth-order valence-corrected chi connectivity index (χ4v) is 2.98. The van der Waals surface area contributed by atoms with Crippen LogP contribution in [0.5, 0.6) is 5.75 Å². The van der Waals surface area contributed by atoms with Crippen molar-refractivity contribution in [2.45, 2.75) is 19.8 Å². The van der Waals surface area contributed by atoms with Crippen molar-refractivity contribution in [3.63, 3.8) is 0 Å². The first-order valence-corrected chi connectivity index (χ1v) is 8.09. The summed E-state index contributed by atoms with van der Waals surface area (Å²) in [4.78, 5) is 0. The summed E-state index contributed by atoms with van der Waals surface area (Å²) in [5, 5.41) is 7.63. The van der Waals surface area contributed by atoms with Crippen LogP contribution >= 0.6 is 0 Å². The summed E-state index contributed by atoms with van der Waals surface area (Å²) in [6, 6.07) is 16.5. The monoisotopic (exact) mass is 321 g/mol. The van der Waals surface area contributed by atoms with Gasteiger partial charge in [-0.2, -0.15) is 5.10 Å². The number of hydrogen-bond donors (Lipinski definition) is 2. The number of ether oxygens (including phenoxy) is 1. The molecule has 1 unspecified atom stereocenters. The summed E-state index contributed by atoms with van der Waals surface area (Å²) in [5.41, 5.74) is 12.8. The molecule has 2 aromatic carbocycles. The average molecular weight is 321 g/mol. The Morgan fingerprint density at radius 1 is 1.08 bits per heavy atom. The first kappa shape index (κ1) is 16.3. The fraction of sp³-hybridized carbons (Fsp3) is 0.250. The van der Waals surface area contributed by atoms with Crippen LogP contribution < -0.4 is 10.5 Å². The first-order valence-electron chi connectivity index (χ1n) is 8.09. The molecule has 0 aliphatic rings. The Labute approximate surface area is 142 Å². The minimum atomic E-state index is 0.115. The number of nitrogens with two attached hydrogens (primary N) is 1. The molecule has 1 heterocycles. The smallest absolute Gasteiger partial charge is 0.118 e. The second-order valence-corrected chi connectivity index (χ2v) is 6.09. The summed E-state index contributed by atoms with van der Waals surface area (Å²) < 4.78 is 5.20. The van der Waals surface area contributed by atoms with E-state index in [1.807, 2.05) is 24.3 Å². The van der Waals surface area contributed by atoms with Gasteiger partial charge in [-0.05, 0) is 55.3 Å². The maximum Gasteiger partial charge on any atom is 0.118 e. The highest BCUT2D eigenvalue weighted by atomic mass is 16.5. The van der Waals surface area contributed by atoms with Crippen LogP contribution in [0.25, 0.3) is 11.3 Å². The molecule has 24 heavy (non-hydrogen) atoms. The Morgan fingerprint density at radius 2 is 1.83 bits per heavy atom. The van der Waals surface area contributed by atoms with Gasteiger partial charge < -0.3 is 10.5 Å². The molecule has 0 spiro atoms. The molecule has 124 valence electrons. The fourth-order valence-electron chi connectivity index (χ4n) is 2.98. The number of benzene rings is 2. The van der Waals surface area contributed by atoms with Crippen molar-refractivity contribution >= 4 is 0 Å². The third-order valence-electron chi connectivity index (χ3n) is 4.40. The number of hydrogen-bond acceptors (Lipinski definition) is 3. The van der Waals surface area contributed by atoms with Crippen LogP contribution in [-0.4, -0.2) is 23.9 Å². The standard InChI is InChI=1S/C20H23N3O/c1-13-4-5-14(2)17(10-13)18(12-21)20-11-19(22-23-20)15-6-8-16(24-3)9-7-15/h4-11,18H,12,21H2,1-3H3,(H,22,23). The van der Waals surface area contributed by atoms with Gasteiger partial charge in [0.05, 0.1) is 12.8 Å². The molecule has 1 atom stereocenters. The Hall–Kier alpha value is -2.59. The molecular weight excluding hydrogens is 298 g/mol. The molecule has 0 bridgehead atoms. The summed E-state index contributed by atoms with van der Waals surface area (Å²) in [5.74, 6) is 0.953. The van der Waals surface area contributed by atoms with Gasteiger partial charge in [-0.1, -0.05) is 23.8 Å². The maximum atomic E-state index is 6.08. The van der Waals surface area contributed by atoms with Crippen molar-refractivity contribution in [3.05, 3.63) is 70.9 Å². The number of aryl methyl sites for hydroxylation is 2. The van der Waals surface area contributed by atoms with E-state index in [0.29, 0.717) is 6.54 Å². The van der Waals surface area contributed by atoms with Gasteiger partial charge in [0.1, 0.15) is 5.75 Å². The van der Waals surface area contributed by atoms with Gasteiger partial charge in [0, 0.05) is 23.7 Å². The molecule has 0 amide bonds. The summed E-state index contributed by atoms with van der Waals surface area (Å²) in [7, 11) is 1.66. The van der Waals surface area contributed by atoms with Crippen molar-refractivity contribution in [3.8, 4) is 17.0 Å². The largest absolute Gasteiger partial charge is 0.497 e. The molecule has 0 aliphatic heterocycles. The van der Waals surface area contributed by atoms with Crippen LogP contribution in [-0.2, 0) is 0 Å². The van der Waals surface area contributed by atoms with Gasteiger partial charge in [0.25, 0.3) is 0 Å². The highest BCUT2D eigenvalue weighted by molar-refractivity contribution is 5.61. The molecular formula is C20H23N3O. The second kappa shape index (κ2) is 6.89. The third-order valence-corrected chi connectivity index (χ3v) is 4.40. The molecule has 1 aromatic heterocycles. The molecule has 4 nitrogen and oxygen atoms in total. The molecule has 0 aliphatic carbocycles. The quantitative estimate of drug-likeness (QED) is 0.751. The van der Waals surface area contributed by atoms with Crippen LogP contribution in [0.15, 0.2) is 48.5 Å². The van der Waals surface area contributed by atoms with Crippen LogP contribution in [0.2, 0.25) is 0 Å². The molecule has 0 saturated carbocycles. The number of nitrogens with one attached hydrogen (secondary N) is 1. The summed E-state index contributed by atoms with van der Waals surface area (Å²) in [6.45, 7) is 4.76. The van der Waals surface area contributed by atoms with Gasteiger partial charge in [-0.15, -0.1) is 0 Å². The zero-order valence-electron chi connectivity index (χ0n) is 14.3. The van der Waals surface area contributed by atoms with Gasteiger partial charge in [-0.25, -0.2) is 0 Å². The number of aromatic amines is 1. The van der Waals surface area contributed by atoms with Crippen LogP contribution in [0.1, 0.15) is 28.3 Å². The minimum absolute atomic E-state index is 0.115. The van der Waals surface area contributed by atoms with Gasteiger partial charge >= 0.3 is 0 Å². The Balaban J connectivity index is 1.94. The number of aromatic nitrogens is 2. The molecule has 0 radical (unpaired) electrons. The van der Waals surface area contributed by atoms with E-state index >= 15 is 0 Å². The number of methoxy groups -OCH3 is 1. The van der Waals surface area contributed by atoms with E-state index in [1.165, 1.54) is 16.7 Å². The van der Waals surface area contributed by atoms with Crippen molar-refractivity contribution in [2.24, 2.45) is 5.73 Å². The molecule has 0 saturated heterocycles. The molecule has 0 fully saturated rings. The predicted molar refractivity (Wildman–Crippen MR) is 97.4 cm³/mol. The van der Waals surface area contributed by atoms with E-state index in [-0.39, 0.29) is 5.92 Å². The Morgan fingerprint density at radius 3 is 2.50 bits per heavy atom. The molecule has 4 heteroatoms. The van der Waals surface area contributed by atoms with Crippen LogP contribution in [0.4, 0.5) is 0 Å². The maximum absolute atomic E-state index is 6.08. The zero-order valence-corrected chi connectivity index (χ0v) is 14.3. The highest BCUT2D eigenvalue weighted by Gasteiger charge is 2.18. The van der Waals surface area contributed by atoms with E-state index in [1.54, 1.807) is 7.11 Å². The number of rotatable bonds is 5. The SMILES string of the molecule is COc1ccc(-c2cc(C(CN)c3cc(C)ccc3C)[nH]n2)cc1. The topological polar surface area (TPSA) is 63.9 Å². The lowest BCUT2D eigenvalue weighted by Gasteiger charge is -2.16. The normalized spacial score (nSPS) is 12.2. The van der Waals surface area contributed by atoms with Crippen molar-refractivity contribution in [2.75, 3.05) is 13.7 Å². The first-order chi connectivity index (χ1) is 11.6. The Kier molecular flexibility index (Phi) is 4.67. The van der Waals surface area contributed by atoms with E-state index in [9.17, 15) is 0 Å². The van der Waals surface area contributed by atoms with E-state index in [2.05, 4.69) is 48.3 Å². The molecule has 3 N–H and O–H groups in total. The second-order valence-electron chi connectivity index (χ2n) is 6.09. The average Bonchev–Trinajstić information content (AvgIpc) is 3.08. The predicted octanol–water partition coefficient (Wildman–Crippen LogP) is 3.79. The summed E-state index contributed by atoms with van der Waals surface area (Å²) in [6.07, 6.45) is 0. The van der Waals surface area contributed by atoms with E-state index in [0.717, 1.165) is 22.7 Å². The van der Waals surface area contributed by atoms with Gasteiger partial charge in [0.15, 0.2) is 0 Å². The third kappa shape index (κ3) is 3.19. The lowest BCUT2D eigenvalue weighted by Crippen LogP contribution is -2.15. The van der Waals surface area contributed by atoms with Crippen LogP contribution in [0, 0.1) is 13.8 Å². The highest BCUT2D eigenvalue weighted by Crippen LogP contribution is 2.29. The number of H-pyrrole nitrogens is 1. The van der Waals surface area contributed by atoms with E-state index in [4.69, 9.17) is 10.5 Å². The van der Waals surface area contributed by atoms with E-state index < -0.39 is 0 Å². The number of nitrogens with zero attached hydrogens (tertiary/aromatic N) is 1. The van der Waals surface area contributed by atoms with Gasteiger partial charge in [0.2, 0.25) is 0 Å². The Bertz CT molecular complexity index is 821. The lowest BCUT2D eigenvalue weighted by molar-refractivity contribution is 0.415. The van der Waals surface area contributed by atoms with Crippen LogP contribution in [0.3, 0.4) is 0 Å². The van der Waals surface area contributed by atoms with Crippen molar-refractivity contribution < 1.29 is 4.74 Å². The molecule has 3 rings (SSSR count). The zero-order chi connectivity index (χ0) is 17.1. The molecule has 3 aromatic rings. The lowest BCUT2D eigenvalue weighted by atomic mass is 9.90. The van der Waals surface area contributed by atoms with Crippen molar-refractivity contribution in [1.29, 1.82) is 0 Å².